The van der Waals surface area contributed by atoms with Crippen molar-refractivity contribution in [3.8, 4) is 0 Å². The molecule has 7 heteroatoms. The monoisotopic (exact) mass is 380 g/mol. The number of sulfone groups is 1. The van der Waals surface area contributed by atoms with E-state index in [1.165, 1.54) is 0 Å². The van der Waals surface area contributed by atoms with Gasteiger partial charge in [0.15, 0.2) is 9.84 Å². The van der Waals surface area contributed by atoms with Crippen molar-refractivity contribution in [3.63, 3.8) is 0 Å². The van der Waals surface area contributed by atoms with Crippen LogP contribution in [-0.4, -0.2) is 45.4 Å². The quantitative estimate of drug-likeness (QED) is 0.791. The largest absolute Gasteiger partial charge is 0.378 e. The predicted octanol–water partition coefficient (Wildman–Crippen LogP) is 2.25. The maximum Gasteiger partial charge on any atom is 0.226 e. The fourth-order valence-electron chi connectivity index (χ4n) is 3.70. The van der Waals surface area contributed by atoms with Crippen molar-refractivity contribution in [3.05, 3.63) is 29.8 Å². The van der Waals surface area contributed by atoms with Crippen molar-refractivity contribution in [2.24, 2.45) is 0 Å². The number of amides is 1. The van der Waals surface area contributed by atoms with Gasteiger partial charge in [0.25, 0.3) is 0 Å². The first-order valence-corrected chi connectivity index (χ1v) is 11.2. The molecule has 26 heavy (non-hydrogen) atoms. The van der Waals surface area contributed by atoms with Gasteiger partial charge in [-0.05, 0) is 30.5 Å². The minimum absolute atomic E-state index is 0.0265. The van der Waals surface area contributed by atoms with Gasteiger partial charge in [0.05, 0.1) is 24.2 Å². The molecule has 1 heterocycles. The molecule has 1 amide bonds. The van der Waals surface area contributed by atoms with E-state index in [4.69, 9.17) is 4.74 Å². The van der Waals surface area contributed by atoms with E-state index in [0.29, 0.717) is 25.3 Å². The molecule has 1 saturated heterocycles. The standard InChI is InChI=1S/C19H28N2O4S/c22-19(12-17-13-25-10-9-20-17)21-16-6-4-5-15(11-16)14-26(23,24)18-7-2-1-3-8-18/h4-6,11,17-18,20H,1-3,7-10,12-14H2,(H,21,22). The van der Waals surface area contributed by atoms with E-state index in [2.05, 4.69) is 10.6 Å². The Balaban J connectivity index is 1.57. The molecule has 144 valence electrons. The Kier molecular flexibility index (Phi) is 6.67. The highest BCUT2D eigenvalue weighted by atomic mass is 32.2. The van der Waals surface area contributed by atoms with Gasteiger partial charge in [0.1, 0.15) is 0 Å². The summed E-state index contributed by atoms with van der Waals surface area (Å²) >= 11 is 0. The van der Waals surface area contributed by atoms with Gasteiger partial charge >= 0.3 is 0 Å². The topological polar surface area (TPSA) is 84.5 Å². The lowest BCUT2D eigenvalue weighted by Crippen LogP contribution is -2.43. The van der Waals surface area contributed by atoms with Crippen LogP contribution in [0.2, 0.25) is 0 Å². The van der Waals surface area contributed by atoms with Gasteiger partial charge in [-0.2, -0.15) is 0 Å². The number of nitrogens with one attached hydrogen (secondary N) is 2. The Morgan fingerprint density at radius 3 is 2.77 bits per heavy atom. The average molecular weight is 381 g/mol. The normalized spacial score (nSPS) is 22.1. The second kappa shape index (κ2) is 8.97. The van der Waals surface area contributed by atoms with E-state index >= 15 is 0 Å². The lowest BCUT2D eigenvalue weighted by atomic mass is 10.0. The molecule has 0 spiro atoms. The zero-order valence-electron chi connectivity index (χ0n) is 15.1. The number of carbonyl (C=O) groups is 1. The zero-order valence-corrected chi connectivity index (χ0v) is 15.9. The molecule has 3 rings (SSSR count). The smallest absolute Gasteiger partial charge is 0.226 e. The Bertz CT molecular complexity index is 708. The van der Waals surface area contributed by atoms with Gasteiger partial charge in [0, 0.05) is 24.7 Å². The molecule has 6 nitrogen and oxygen atoms in total. The summed E-state index contributed by atoms with van der Waals surface area (Å²) in [5, 5.41) is 5.90. The molecule has 2 aliphatic rings. The summed E-state index contributed by atoms with van der Waals surface area (Å²) in [6.07, 6.45) is 5.02. The predicted molar refractivity (Wildman–Crippen MR) is 102 cm³/mol. The number of hydrogen-bond acceptors (Lipinski definition) is 5. The van der Waals surface area contributed by atoms with Crippen LogP contribution in [0.3, 0.4) is 0 Å². The molecular formula is C19H28N2O4S. The third kappa shape index (κ3) is 5.53. The van der Waals surface area contributed by atoms with Crippen molar-refractivity contribution in [2.75, 3.05) is 25.1 Å². The average Bonchev–Trinajstić information content (AvgIpc) is 2.63. The number of anilines is 1. The Morgan fingerprint density at radius 2 is 2.04 bits per heavy atom. The number of hydrogen-bond donors (Lipinski definition) is 2. The molecule has 0 radical (unpaired) electrons. The highest BCUT2D eigenvalue weighted by Crippen LogP contribution is 2.26. The third-order valence-electron chi connectivity index (χ3n) is 5.07. The first-order chi connectivity index (χ1) is 12.5. The highest BCUT2D eigenvalue weighted by molar-refractivity contribution is 7.91. The van der Waals surface area contributed by atoms with E-state index in [1.54, 1.807) is 18.2 Å². The molecule has 0 bridgehead atoms. The van der Waals surface area contributed by atoms with Crippen LogP contribution in [-0.2, 0) is 25.1 Å². The van der Waals surface area contributed by atoms with Gasteiger partial charge in [-0.25, -0.2) is 8.42 Å². The molecule has 1 aromatic carbocycles. The first kappa shape index (κ1) is 19.3. The molecular weight excluding hydrogens is 352 g/mol. The molecule has 1 atom stereocenters. The Morgan fingerprint density at radius 1 is 1.23 bits per heavy atom. The van der Waals surface area contributed by atoms with Gasteiger partial charge in [-0.1, -0.05) is 31.4 Å². The summed E-state index contributed by atoms with van der Waals surface area (Å²) in [7, 11) is -3.14. The molecule has 1 aromatic rings. The summed E-state index contributed by atoms with van der Waals surface area (Å²) in [6, 6.07) is 7.19. The summed E-state index contributed by atoms with van der Waals surface area (Å²) in [4.78, 5) is 12.2. The van der Waals surface area contributed by atoms with Crippen molar-refractivity contribution >= 4 is 21.4 Å². The number of benzene rings is 1. The molecule has 2 N–H and O–H groups in total. The minimum atomic E-state index is -3.14. The van der Waals surface area contributed by atoms with E-state index in [0.717, 1.165) is 44.2 Å². The van der Waals surface area contributed by atoms with Gasteiger partial charge in [-0.15, -0.1) is 0 Å². The molecule has 1 aliphatic heterocycles. The van der Waals surface area contributed by atoms with Crippen LogP contribution in [0, 0.1) is 0 Å². The van der Waals surface area contributed by atoms with E-state index in [1.807, 2.05) is 6.07 Å². The maximum atomic E-state index is 12.6. The molecule has 1 unspecified atom stereocenters. The van der Waals surface area contributed by atoms with Crippen LogP contribution in [0.5, 0.6) is 0 Å². The lowest BCUT2D eigenvalue weighted by Gasteiger charge is -2.23. The second-order valence-electron chi connectivity index (χ2n) is 7.25. The molecule has 1 aliphatic carbocycles. The fourth-order valence-corrected chi connectivity index (χ4v) is 5.63. The minimum Gasteiger partial charge on any atom is -0.378 e. The first-order valence-electron chi connectivity index (χ1n) is 9.44. The molecule has 1 saturated carbocycles. The van der Waals surface area contributed by atoms with Gasteiger partial charge < -0.3 is 15.4 Å². The lowest BCUT2D eigenvalue weighted by molar-refractivity contribution is -0.117. The summed E-state index contributed by atoms with van der Waals surface area (Å²) in [5.41, 5.74) is 1.37. The number of rotatable bonds is 6. The number of carbonyl (C=O) groups excluding carboxylic acids is 1. The van der Waals surface area contributed by atoms with Crippen LogP contribution in [0.15, 0.2) is 24.3 Å². The SMILES string of the molecule is O=C(CC1COCCN1)Nc1cccc(CS(=O)(=O)C2CCCCC2)c1. The summed E-state index contributed by atoms with van der Waals surface area (Å²) in [5.74, 6) is -0.0559. The van der Waals surface area contributed by atoms with Crippen molar-refractivity contribution < 1.29 is 17.9 Å². The Hall–Kier alpha value is -1.44. The Labute approximate surface area is 155 Å². The second-order valence-corrected chi connectivity index (χ2v) is 9.53. The number of ether oxygens (including phenoxy) is 1. The summed E-state index contributed by atoms with van der Waals surface area (Å²) in [6.45, 7) is 1.97. The van der Waals surface area contributed by atoms with Crippen molar-refractivity contribution in [2.45, 2.75) is 55.6 Å². The van der Waals surface area contributed by atoms with Gasteiger partial charge in [0.2, 0.25) is 5.91 Å². The van der Waals surface area contributed by atoms with Crippen LogP contribution in [0.25, 0.3) is 0 Å². The summed E-state index contributed by atoms with van der Waals surface area (Å²) < 4.78 is 30.6. The molecule has 2 fully saturated rings. The highest BCUT2D eigenvalue weighted by Gasteiger charge is 2.27. The van der Waals surface area contributed by atoms with Crippen LogP contribution in [0.4, 0.5) is 5.69 Å². The fraction of sp³-hybridized carbons (Fsp3) is 0.632. The van der Waals surface area contributed by atoms with Crippen LogP contribution in [0.1, 0.15) is 44.1 Å². The van der Waals surface area contributed by atoms with Gasteiger partial charge in [-0.3, -0.25) is 4.79 Å². The third-order valence-corrected chi connectivity index (χ3v) is 7.29. The zero-order chi connectivity index (χ0) is 18.4. The number of morpholine rings is 1. The maximum absolute atomic E-state index is 12.6. The van der Waals surface area contributed by atoms with Crippen LogP contribution >= 0.6 is 0 Å². The van der Waals surface area contributed by atoms with E-state index in [-0.39, 0.29) is 23.0 Å². The van der Waals surface area contributed by atoms with Crippen LogP contribution < -0.4 is 10.6 Å². The van der Waals surface area contributed by atoms with E-state index < -0.39 is 9.84 Å². The molecule has 0 aromatic heterocycles. The van der Waals surface area contributed by atoms with E-state index in [9.17, 15) is 13.2 Å². The van der Waals surface area contributed by atoms with Crippen molar-refractivity contribution in [1.82, 2.24) is 5.32 Å². The van der Waals surface area contributed by atoms with Crippen molar-refractivity contribution in [1.29, 1.82) is 0 Å².